The molecule has 0 heterocycles. The molecular formula is C10H16O3. The van der Waals surface area contributed by atoms with Gasteiger partial charge in [-0.3, -0.25) is 4.79 Å². The largest absolute Gasteiger partial charge is 0.390 e. The molecule has 3 nitrogen and oxygen atoms in total. The maximum atomic E-state index is 11.5. The minimum atomic E-state index is -0.860. The lowest BCUT2D eigenvalue weighted by Crippen LogP contribution is -2.41. The molecule has 4 atom stereocenters. The first-order chi connectivity index (χ1) is 5.82. The van der Waals surface area contributed by atoms with Gasteiger partial charge in [0.1, 0.15) is 5.78 Å². The number of carbonyl (C=O) groups excluding carboxylic acids is 1. The highest BCUT2D eigenvalue weighted by atomic mass is 16.3. The van der Waals surface area contributed by atoms with Gasteiger partial charge in [0.05, 0.1) is 18.1 Å². The number of rotatable bonds is 0. The van der Waals surface area contributed by atoms with Crippen LogP contribution < -0.4 is 0 Å². The molecule has 2 aliphatic carbocycles. The Morgan fingerprint density at radius 2 is 1.85 bits per heavy atom. The molecule has 2 N–H and O–H groups in total. The molecule has 3 heteroatoms. The molecule has 0 spiro atoms. The van der Waals surface area contributed by atoms with Crippen LogP contribution in [0.3, 0.4) is 0 Å². The highest BCUT2D eigenvalue weighted by molar-refractivity contribution is 5.87. The predicted molar refractivity (Wildman–Crippen MR) is 47.0 cm³/mol. The van der Waals surface area contributed by atoms with E-state index in [1.807, 2.05) is 20.8 Å². The average Bonchev–Trinajstić information content (AvgIpc) is 2.22. The van der Waals surface area contributed by atoms with Gasteiger partial charge < -0.3 is 10.2 Å². The van der Waals surface area contributed by atoms with E-state index >= 15 is 0 Å². The van der Waals surface area contributed by atoms with Crippen LogP contribution in [0.2, 0.25) is 0 Å². The Morgan fingerprint density at radius 1 is 1.31 bits per heavy atom. The summed E-state index contributed by atoms with van der Waals surface area (Å²) in [7, 11) is 0. The standard InChI is InChI=1S/C10H16O3/c1-9(2)6-5(11)4-10(9,3)8(13)7(6)12/h6-8,12-13H,4H2,1-3H3/t6-,7+,8+,10+/m1/s1. The smallest absolute Gasteiger partial charge is 0.139 e. The number of ketones is 1. The fourth-order valence-electron chi connectivity index (χ4n) is 3.12. The molecule has 2 saturated carbocycles. The van der Waals surface area contributed by atoms with Crippen molar-refractivity contribution >= 4 is 5.78 Å². The van der Waals surface area contributed by atoms with Gasteiger partial charge in [-0.05, 0) is 5.41 Å². The summed E-state index contributed by atoms with van der Waals surface area (Å²) in [6.07, 6.45) is -1.20. The number of carbonyl (C=O) groups is 1. The van der Waals surface area contributed by atoms with Crippen molar-refractivity contribution in [3.05, 3.63) is 0 Å². The number of hydrogen-bond donors (Lipinski definition) is 2. The fourth-order valence-corrected chi connectivity index (χ4v) is 3.12. The van der Waals surface area contributed by atoms with E-state index < -0.39 is 17.6 Å². The predicted octanol–water partition coefficient (Wildman–Crippen LogP) is 0.343. The van der Waals surface area contributed by atoms with Gasteiger partial charge in [-0.25, -0.2) is 0 Å². The lowest BCUT2D eigenvalue weighted by molar-refractivity contribution is -0.132. The van der Waals surface area contributed by atoms with Crippen LogP contribution in [-0.2, 0) is 4.79 Å². The monoisotopic (exact) mass is 184 g/mol. The molecule has 2 bridgehead atoms. The second kappa shape index (κ2) is 2.15. The van der Waals surface area contributed by atoms with Gasteiger partial charge in [-0.2, -0.15) is 0 Å². The van der Waals surface area contributed by atoms with E-state index in [0.717, 1.165) is 0 Å². The van der Waals surface area contributed by atoms with E-state index in [2.05, 4.69) is 0 Å². The Hall–Kier alpha value is -0.410. The quantitative estimate of drug-likeness (QED) is 0.571. The van der Waals surface area contributed by atoms with E-state index in [1.165, 1.54) is 0 Å². The molecule has 13 heavy (non-hydrogen) atoms. The average molecular weight is 184 g/mol. The first kappa shape index (κ1) is 9.16. The van der Waals surface area contributed by atoms with Crippen molar-refractivity contribution in [1.82, 2.24) is 0 Å². The van der Waals surface area contributed by atoms with Crippen molar-refractivity contribution in [3.63, 3.8) is 0 Å². The van der Waals surface area contributed by atoms with Crippen LogP contribution in [0.4, 0.5) is 0 Å². The lowest BCUT2D eigenvalue weighted by Gasteiger charge is -2.35. The summed E-state index contributed by atoms with van der Waals surface area (Å²) in [6.45, 7) is 5.82. The zero-order chi connectivity index (χ0) is 10.0. The van der Waals surface area contributed by atoms with Gasteiger partial charge in [0.15, 0.2) is 0 Å². The molecule has 0 amide bonds. The second-order valence-electron chi connectivity index (χ2n) is 5.20. The van der Waals surface area contributed by atoms with E-state index in [-0.39, 0.29) is 17.1 Å². The molecule has 2 aliphatic rings. The molecule has 2 rings (SSSR count). The van der Waals surface area contributed by atoms with Crippen LogP contribution >= 0.6 is 0 Å². The van der Waals surface area contributed by atoms with E-state index in [0.29, 0.717) is 6.42 Å². The van der Waals surface area contributed by atoms with Gasteiger partial charge in [-0.1, -0.05) is 20.8 Å². The van der Waals surface area contributed by atoms with Crippen LogP contribution in [0, 0.1) is 16.7 Å². The number of aliphatic hydroxyl groups is 2. The minimum Gasteiger partial charge on any atom is -0.390 e. The van der Waals surface area contributed by atoms with Crippen LogP contribution in [-0.4, -0.2) is 28.2 Å². The normalized spacial score (nSPS) is 53.0. The van der Waals surface area contributed by atoms with Gasteiger partial charge in [0.25, 0.3) is 0 Å². The Kier molecular flexibility index (Phi) is 1.51. The SMILES string of the molecule is CC1(C)[C@@H]2C(=O)C[C@@]1(C)[C@@H](O)[C@H]2O. The van der Waals surface area contributed by atoms with Crippen LogP contribution in [0.15, 0.2) is 0 Å². The van der Waals surface area contributed by atoms with Crippen molar-refractivity contribution in [2.75, 3.05) is 0 Å². The number of fused-ring (bicyclic) bond motifs is 2. The molecule has 0 aliphatic heterocycles. The topological polar surface area (TPSA) is 57.5 Å². The van der Waals surface area contributed by atoms with E-state index in [9.17, 15) is 15.0 Å². The Morgan fingerprint density at radius 3 is 2.15 bits per heavy atom. The Labute approximate surface area is 77.8 Å². The summed E-state index contributed by atoms with van der Waals surface area (Å²) in [5.41, 5.74) is -0.711. The highest BCUT2D eigenvalue weighted by Crippen LogP contribution is 2.63. The van der Waals surface area contributed by atoms with Crippen molar-refractivity contribution in [2.45, 2.75) is 39.4 Å². The van der Waals surface area contributed by atoms with Crippen molar-refractivity contribution in [2.24, 2.45) is 16.7 Å². The summed E-state index contributed by atoms with van der Waals surface area (Å²) >= 11 is 0. The zero-order valence-electron chi connectivity index (χ0n) is 8.24. The molecule has 0 aromatic heterocycles. The summed E-state index contributed by atoms with van der Waals surface area (Å²) in [5.74, 6) is -0.266. The van der Waals surface area contributed by atoms with E-state index in [4.69, 9.17) is 0 Å². The van der Waals surface area contributed by atoms with Gasteiger partial charge in [0, 0.05) is 11.8 Å². The Balaban J connectivity index is 2.52. The number of hydrogen-bond acceptors (Lipinski definition) is 3. The van der Waals surface area contributed by atoms with Crippen molar-refractivity contribution in [3.8, 4) is 0 Å². The molecule has 74 valence electrons. The summed E-state index contributed by atoms with van der Waals surface area (Å²) in [4.78, 5) is 11.5. The fraction of sp³-hybridized carbons (Fsp3) is 0.900. The first-order valence-corrected chi connectivity index (χ1v) is 4.71. The highest BCUT2D eigenvalue weighted by Gasteiger charge is 2.69. The third-order valence-corrected chi connectivity index (χ3v) is 4.46. The number of Topliss-reactive ketones (excluding diaryl/α,β-unsaturated/α-hetero) is 1. The Bertz CT molecular complexity index is 271. The molecule has 0 aromatic carbocycles. The lowest BCUT2D eigenvalue weighted by atomic mass is 9.70. The maximum Gasteiger partial charge on any atom is 0.139 e. The first-order valence-electron chi connectivity index (χ1n) is 4.71. The zero-order valence-corrected chi connectivity index (χ0v) is 8.24. The van der Waals surface area contributed by atoms with Gasteiger partial charge in [0.2, 0.25) is 0 Å². The van der Waals surface area contributed by atoms with E-state index in [1.54, 1.807) is 0 Å². The minimum absolute atomic E-state index is 0.102. The molecular weight excluding hydrogens is 168 g/mol. The maximum absolute atomic E-state index is 11.5. The molecule has 0 saturated heterocycles. The van der Waals surface area contributed by atoms with Gasteiger partial charge >= 0.3 is 0 Å². The third kappa shape index (κ3) is 0.754. The second-order valence-corrected chi connectivity index (χ2v) is 5.20. The molecule has 0 aromatic rings. The van der Waals surface area contributed by atoms with Crippen molar-refractivity contribution in [1.29, 1.82) is 0 Å². The molecule has 0 unspecified atom stereocenters. The molecule has 0 radical (unpaired) electrons. The van der Waals surface area contributed by atoms with Crippen molar-refractivity contribution < 1.29 is 15.0 Å². The molecule has 2 fully saturated rings. The van der Waals surface area contributed by atoms with Crippen LogP contribution in [0.5, 0.6) is 0 Å². The summed E-state index contributed by atoms with van der Waals surface area (Å²) in [6, 6.07) is 0. The summed E-state index contributed by atoms with van der Waals surface area (Å²) < 4.78 is 0. The van der Waals surface area contributed by atoms with Gasteiger partial charge in [-0.15, -0.1) is 0 Å². The third-order valence-electron chi connectivity index (χ3n) is 4.46. The van der Waals surface area contributed by atoms with Crippen LogP contribution in [0.25, 0.3) is 0 Å². The van der Waals surface area contributed by atoms with Crippen LogP contribution in [0.1, 0.15) is 27.2 Å². The summed E-state index contributed by atoms with van der Waals surface area (Å²) in [5, 5.41) is 19.5. The number of aliphatic hydroxyl groups excluding tert-OH is 2.